The molecule has 1 aromatic heterocycles. The first-order valence-corrected chi connectivity index (χ1v) is 12.6. The van der Waals surface area contributed by atoms with Crippen molar-refractivity contribution < 1.29 is 14.3 Å². The van der Waals surface area contributed by atoms with Gasteiger partial charge in [-0.15, -0.1) is 11.3 Å². The zero-order valence-corrected chi connectivity index (χ0v) is 21.1. The zero-order valence-electron chi connectivity index (χ0n) is 20.2. The van der Waals surface area contributed by atoms with Crippen LogP contribution in [0.15, 0.2) is 29.6 Å². The monoisotopic (exact) mass is 472 g/mol. The number of carbonyl (C=O) groups excluding carboxylic acids is 2. The van der Waals surface area contributed by atoms with E-state index in [1.165, 1.54) is 16.9 Å². The van der Waals surface area contributed by atoms with Crippen LogP contribution in [-0.4, -0.2) is 34.5 Å². The van der Waals surface area contributed by atoms with Gasteiger partial charge in [0.1, 0.15) is 23.1 Å². The Morgan fingerprint density at radius 3 is 2.33 bits per heavy atom. The average molecular weight is 473 g/mol. The maximum atomic E-state index is 12.8. The number of rotatable bonds is 7. The molecule has 2 atom stereocenters. The molecule has 3 N–H and O–H groups in total. The molecule has 7 nitrogen and oxygen atoms in total. The minimum absolute atomic E-state index is 0.0969. The fraction of sp³-hybridized carbons (Fsp3) is 0.560. The highest BCUT2D eigenvalue weighted by Gasteiger charge is 2.29. The number of hydrogen-bond donors (Lipinski definition) is 3. The summed E-state index contributed by atoms with van der Waals surface area (Å²) < 4.78 is 5.83. The van der Waals surface area contributed by atoms with Crippen LogP contribution in [0.2, 0.25) is 0 Å². The van der Waals surface area contributed by atoms with Crippen molar-refractivity contribution in [1.29, 1.82) is 0 Å². The van der Waals surface area contributed by atoms with E-state index in [0.29, 0.717) is 18.2 Å². The Balaban J connectivity index is 1.53. The topological polar surface area (TPSA) is 92.3 Å². The molecule has 0 bridgehead atoms. The minimum atomic E-state index is -0.312. The normalized spacial score (nSPS) is 18.6. The Hall–Kier alpha value is -2.61. The van der Waals surface area contributed by atoms with Crippen molar-refractivity contribution in [1.82, 2.24) is 20.9 Å². The number of carbonyl (C=O) groups is 2. The van der Waals surface area contributed by atoms with Crippen molar-refractivity contribution in [3.05, 3.63) is 45.9 Å². The number of hydrogen-bond acceptors (Lipinski definition) is 5. The first-order valence-electron chi connectivity index (χ1n) is 11.7. The molecular weight excluding hydrogens is 436 g/mol. The lowest BCUT2D eigenvalue weighted by Gasteiger charge is -2.33. The predicted molar refractivity (Wildman–Crippen MR) is 132 cm³/mol. The van der Waals surface area contributed by atoms with Crippen molar-refractivity contribution in [2.75, 3.05) is 0 Å². The summed E-state index contributed by atoms with van der Waals surface area (Å²) in [6.07, 6.45) is 3.73. The van der Waals surface area contributed by atoms with E-state index in [1.54, 1.807) is 5.38 Å². The quantitative estimate of drug-likeness (QED) is 0.530. The highest BCUT2D eigenvalue weighted by molar-refractivity contribution is 7.09. The lowest BCUT2D eigenvalue weighted by atomic mass is 9.90. The van der Waals surface area contributed by atoms with Crippen LogP contribution in [0.5, 0.6) is 5.75 Å². The third-order valence-electron chi connectivity index (χ3n) is 5.58. The summed E-state index contributed by atoms with van der Waals surface area (Å²) in [5, 5.41) is 11.5. The molecule has 0 aliphatic heterocycles. The third kappa shape index (κ3) is 7.74. The number of nitrogens with one attached hydrogen (secondary N) is 3. The van der Waals surface area contributed by atoms with Crippen molar-refractivity contribution in [3.63, 3.8) is 0 Å². The largest absolute Gasteiger partial charge is 0.486 e. The molecule has 8 heteroatoms. The molecule has 1 saturated carbocycles. The maximum absolute atomic E-state index is 12.8. The van der Waals surface area contributed by atoms with Crippen LogP contribution in [-0.2, 0) is 6.61 Å². The number of aromatic nitrogens is 1. The second-order valence-corrected chi connectivity index (χ2v) is 10.9. The summed E-state index contributed by atoms with van der Waals surface area (Å²) in [6, 6.07) is 7.64. The third-order valence-corrected chi connectivity index (χ3v) is 6.40. The van der Waals surface area contributed by atoms with Gasteiger partial charge < -0.3 is 20.7 Å². The van der Waals surface area contributed by atoms with Crippen LogP contribution >= 0.6 is 11.3 Å². The number of thiazole rings is 1. The van der Waals surface area contributed by atoms with Gasteiger partial charge in [-0.05, 0) is 57.2 Å². The summed E-state index contributed by atoms with van der Waals surface area (Å²) in [6.45, 7) is 10.5. The van der Waals surface area contributed by atoms with Gasteiger partial charge in [-0.25, -0.2) is 9.78 Å². The SMILES string of the molecule is CC(C)c1ccc(OCc2nc(C(=O)N[C@H]3CCCC[C@H]3NC(=O)NC(C)(C)C)cs2)cc1. The molecule has 1 fully saturated rings. The molecular formula is C25H36N4O3S. The second kappa shape index (κ2) is 11.0. The van der Waals surface area contributed by atoms with Crippen LogP contribution in [0.3, 0.4) is 0 Å². The fourth-order valence-corrected chi connectivity index (χ4v) is 4.52. The van der Waals surface area contributed by atoms with E-state index in [9.17, 15) is 9.59 Å². The molecule has 0 unspecified atom stereocenters. The molecule has 180 valence electrons. The molecule has 3 amide bonds. The van der Waals surface area contributed by atoms with E-state index in [-0.39, 0.29) is 29.6 Å². The van der Waals surface area contributed by atoms with Crippen LogP contribution in [0.1, 0.15) is 87.3 Å². The van der Waals surface area contributed by atoms with Gasteiger partial charge in [0.25, 0.3) is 5.91 Å². The van der Waals surface area contributed by atoms with Crippen molar-refractivity contribution in [2.24, 2.45) is 0 Å². The summed E-state index contributed by atoms with van der Waals surface area (Å²) in [5.41, 5.74) is 1.34. The van der Waals surface area contributed by atoms with Gasteiger partial charge in [-0.1, -0.05) is 38.8 Å². The number of ether oxygens (including phenoxy) is 1. The molecule has 1 aliphatic carbocycles. The van der Waals surface area contributed by atoms with Gasteiger partial charge in [0.05, 0.1) is 6.04 Å². The lowest BCUT2D eigenvalue weighted by molar-refractivity contribution is 0.0910. The maximum Gasteiger partial charge on any atom is 0.315 e. The smallest absolute Gasteiger partial charge is 0.315 e. The molecule has 1 aromatic carbocycles. The lowest BCUT2D eigenvalue weighted by Crippen LogP contribution is -2.57. The Bertz CT molecular complexity index is 934. The van der Waals surface area contributed by atoms with Crippen LogP contribution in [0, 0.1) is 0 Å². The second-order valence-electron chi connectivity index (χ2n) is 9.96. The number of benzene rings is 1. The molecule has 0 saturated heterocycles. The van der Waals surface area contributed by atoms with E-state index in [1.807, 2.05) is 32.9 Å². The van der Waals surface area contributed by atoms with Crippen LogP contribution in [0.25, 0.3) is 0 Å². The fourth-order valence-electron chi connectivity index (χ4n) is 3.84. The average Bonchev–Trinajstić information content (AvgIpc) is 3.22. The molecule has 0 spiro atoms. The molecule has 2 aromatic rings. The van der Waals surface area contributed by atoms with Gasteiger partial charge in [0.2, 0.25) is 0 Å². The first kappa shape index (κ1) is 25.0. The van der Waals surface area contributed by atoms with Gasteiger partial charge in [-0.2, -0.15) is 0 Å². The molecule has 33 heavy (non-hydrogen) atoms. The number of nitrogens with zero attached hydrogens (tertiary/aromatic N) is 1. The van der Waals surface area contributed by atoms with Gasteiger partial charge in [0.15, 0.2) is 0 Å². The zero-order chi connectivity index (χ0) is 24.0. The van der Waals surface area contributed by atoms with E-state index in [0.717, 1.165) is 36.4 Å². The molecule has 3 rings (SSSR count). The Morgan fingerprint density at radius 1 is 1.09 bits per heavy atom. The highest BCUT2D eigenvalue weighted by atomic mass is 32.1. The van der Waals surface area contributed by atoms with E-state index in [2.05, 4.69) is 46.9 Å². The van der Waals surface area contributed by atoms with E-state index >= 15 is 0 Å². The Kier molecular flexibility index (Phi) is 8.35. The van der Waals surface area contributed by atoms with Gasteiger partial charge in [0, 0.05) is 17.0 Å². The van der Waals surface area contributed by atoms with Crippen molar-refractivity contribution >= 4 is 23.3 Å². The van der Waals surface area contributed by atoms with Gasteiger partial charge >= 0.3 is 6.03 Å². The van der Waals surface area contributed by atoms with Crippen LogP contribution < -0.4 is 20.7 Å². The summed E-state index contributed by atoms with van der Waals surface area (Å²) in [7, 11) is 0. The van der Waals surface area contributed by atoms with Crippen molar-refractivity contribution in [2.45, 2.75) is 90.4 Å². The Labute approximate surface area is 200 Å². The highest BCUT2D eigenvalue weighted by Crippen LogP contribution is 2.22. The number of amides is 3. The first-order chi connectivity index (χ1) is 15.6. The summed E-state index contributed by atoms with van der Waals surface area (Å²) in [5.74, 6) is 1.05. The summed E-state index contributed by atoms with van der Waals surface area (Å²) in [4.78, 5) is 29.6. The van der Waals surface area contributed by atoms with Crippen molar-refractivity contribution in [3.8, 4) is 5.75 Å². The standard InChI is InChI=1S/C25H36N4O3S/c1-16(2)17-10-12-18(13-11-17)32-14-22-26-21(15-33-22)23(30)27-19-8-6-7-9-20(19)28-24(31)29-25(3,4)5/h10-13,15-16,19-20H,6-9,14H2,1-5H3,(H,27,30)(H2,28,29,31)/t19-,20+/m0/s1. The predicted octanol–water partition coefficient (Wildman–Crippen LogP) is 4.98. The molecule has 1 heterocycles. The van der Waals surface area contributed by atoms with E-state index in [4.69, 9.17) is 4.74 Å². The minimum Gasteiger partial charge on any atom is -0.486 e. The molecule has 1 aliphatic rings. The van der Waals surface area contributed by atoms with Crippen LogP contribution in [0.4, 0.5) is 4.79 Å². The number of urea groups is 1. The molecule has 0 radical (unpaired) electrons. The van der Waals surface area contributed by atoms with Gasteiger partial charge in [-0.3, -0.25) is 4.79 Å². The Morgan fingerprint density at radius 2 is 1.73 bits per heavy atom. The van der Waals surface area contributed by atoms with E-state index < -0.39 is 0 Å². The summed E-state index contributed by atoms with van der Waals surface area (Å²) >= 11 is 1.41.